The molecule has 1 amide bonds. The average Bonchev–Trinajstić information content (AvgIpc) is 2.88. The molecule has 2 atom stereocenters. The molecule has 2 heterocycles. The van der Waals surface area contributed by atoms with Crippen molar-refractivity contribution in [1.82, 2.24) is 5.32 Å². The number of carbonyl (C=O) groups is 1. The molecule has 0 bridgehead atoms. The molecular formula is C14H21NO3. The van der Waals surface area contributed by atoms with Crippen molar-refractivity contribution in [1.29, 1.82) is 0 Å². The van der Waals surface area contributed by atoms with E-state index < -0.39 is 5.79 Å². The lowest BCUT2D eigenvalue weighted by Crippen LogP contribution is -2.36. The molecule has 4 heteroatoms. The van der Waals surface area contributed by atoms with Gasteiger partial charge in [0.25, 0.3) is 0 Å². The normalized spacial score (nSPS) is 34.7. The molecule has 1 aliphatic carbocycles. The van der Waals surface area contributed by atoms with E-state index in [1.165, 1.54) is 5.57 Å². The van der Waals surface area contributed by atoms with Crippen LogP contribution in [-0.2, 0) is 14.3 Å². The molecule has 4 nitrogen and oxygen atoms in total. The summed E-state index contributed by atoms with van der Waals surface area (Å²) in [5.41, 5.74) is 1.34. The number of ether oxygens (including phenoxy) is 2. The van der Waals surface area contributed by atoms with Crippen molar-refractivity contribution in [3.05, 3.63) is 11.6 Å². The summed E-state index contributed by atoms with van der Waals surface area (Å²) in [7, 11) is 0. The van der Waals surface area contributed by atoms with Crippen molar-refractivity contribution >= 4 is 5.91 Å². The van der Waals surface area contributed by atoms with Crippen LogP contribution in [0.4, 0.5) is 0 Å². The molecule has 0 radical (unpaired) electrons. The Hall–Kier alpha value is -0.870. The lowest BCUT2D eigenvalue weighted by Gasteiger charge is -2.35. The largest absolute Gasteiger partial charge is 0.353 e. The third-order valence-electron chi connectivity index (χ3n) is 4.13. The molecule has 0 aromatic carbocycles. The molecule has 18 heavy (non-hydrogen) atoms. The van der Waals surface area contributed by atoms with Crippen molar-refractivity contribution in [2.45, 2.75) is 50.9 Å². The average molecular weight is 251 g/mol. The molecule has 100 valence electrons. The van der Waals surface area contributed by atoms with E-state index in [-0.39, 0.29) is 5.91 Å². The fraction of sp³-hybridized carbons (Fsp3) is 0.786. The van der Waals surface area contributed by atoms with Crippen LogP contribution in [0.5, 0.6) is 0 Å². The minimum absolute atomic E-state index is 0.200. The Kier molecular flexibility index (Phi) is 3.16. The minimum Gasteiger partial charge on any atom is -0.353 e. The lowest BCUT2D eigenvalue weighted by atomic mass is 9.81. The molecule has 3 rings (SSSR count). The van der Waals surface area contributed by atoms with E-state index in [0.29, 0.717) is 31.6 Å². The first-order chi connectivity index (χ1) is 8.65. The summed E-state index contributed by atoms with van der Waals surface area (Å²) in [5, 5.41) is 3.05. The molecule has 1 spiro atoms. The highest BCUT2D eigenvalue weighted by Gasteiger charge is 2.40. The third-order valence-corrected chi connectivity index (χ3v) is 4.13. The highest BCUT2D eigenvalue weighted by Crippen LogP contribution is 2.39. The van der Waals surface area contributed by atoms with Crippen LogP contribution < -0.4 is 5.32 Å². The van der Waals surface area contributed by atoms with Gasteiger partial charge in [-0.1, -0.05) is 5.57 Å². The van der Waals surface area contributed by atoms with E-state index in [0.717, 1.165) is 25.7 Å². The van der Waals surface area contributed by atoms with Gasteiger partial charge in [-0.05, 0) is 38.2 Å². The summed E-state index contributed by atoms with van der Waals surface area (Å²) >= 11 is 0. The van der Waals surface area contributed by atoms with E-state index >= 15 is 0 Å². The maximum atomic E-state index is 11.2. The molecule has 2 saturated heterocycles. The van der Waals surface area contributed by atoms with E-state index in [1.807, 2.05) is 0 Å². The fourth-order valence-electron chi connectivity index (χ4n) is 3.52. The molecule has 2 aliphatic heterocycles. The summed E-state index contributed by atoms with van der Waals surface area (Å²) < 4.78 is 11.6. The van der Waals surface area contributed by atoms with Gasteiger partial charge < -0.3 is 14.8 Å². The van der Waals surface area contributed by atoms with Gasteiger partial charge in [0.1, 0.15) is 0 Å². The van der Waals surface area contributed by atoms with Gasteiger partial charge in [0.05, 0.1) is 13.2 Å². The summed E-state index contributed by atoms with van der Waals surface area (Å²) in [6.07, 6.45) is 6.88. The molecule has 1 N–H and O–H groups in total. The Labute approximate surface area is 108 Å². The zero-order valence-corrected chi connectivity index (χ0v) is 10.9. The van der Waals surface area contributed by atoms with Crippen molar-refractivity contribution in [2.24, 2.45) is 5.92 Å². The van der Waals surface area contributed by atoms with Gasteiger partial charge in [0.2, 0.25) is 5.91 Å². The number of carbonyl (C=O) groups excluding carboxylic acids is 1. The molecule has 0 saturated carbocycles. The predicted octanol–water partition coefficient (Wildman–Crippen LogP) is 1.75. The van der Waals surface area contributed by atoms with Crippen LogP contribution in [0, 0.1) is 5.92 Å². The van der Waals surface area contributed by atoms with Crippen LogP contribution in [0.15, 0.2) is 11.6 Å². The Morgan fingerprint density at radius 3 is 2.89 bits per heavy atom. The van der Waals surface area contributed by atoms with E-state index in [2.05, 4.69) is 18.3 Å². The lowest BCUT2D eigenvalue weighted by molar-refractivity contribution is -0.135. The monoisotopic (exact) mass is 251 g/mol. The zero-order chi connectivity index (χ0) is 12.6. The van der Waals surface area contributed by atoms with E-state index in [4.69, 9.17) is 9.47 Å². The molecule has 2 fully saturated rings. The maximum Gasteiger partial charge on any atom is 0.220 e. The summed E-state index contributed by atoms with van der Waals surface area (Å²) in [5.74, 6) is 0.290. The van der Waals surface area contributed by atoms with Crippen LogP contribution in [0.25, 0.3) is 0 Å². The summed E-state index contributed by atoms with van der Waals surface area (Å²) in [6, 6.07) is 0.354. The Bertz CT molecular complexity index is 371. The standard InChI is InChI=1S/C14H21NO3/c1-10-6-11(7-12-2-3-13(16)15-12)9-14(8-10)17-4-5-18-14/h8,11-12H,2-7,9H2,1H3,(H,15,16). The van der Waals surface area contributed by atoms with Gasteiger partial charge in [0, 0.05) is 18.9 Å². The Morgan fingerprint density at radius 1 is 1.44 bits per heavy atom. The Balaban J connectivity index is 1.64. The van der Waals surface area contributed by atoms with Crippen LogP contribution in [0.1, 0.15) is 39.0 Å². The van der Waals surface area contributed by atoms with Gasteiger partial charge in [-0.15, -0.1) is 0 Å². The number of nitrogens with one attached hydrogen (secondary N) is 1. The first-order valence-electron chi connectivity index (χ1n) is 6.91. The third kappa shape index (κ3) is 2.45. The highest BCUT2D eigenvalue weighted by molar-refractivity contribution is 5.78. The second-order valence-electron chi connectivity index (χ2n) is 5.81. The quantitative estimate of drug-likeness (QED) is 0.761. The summed E-state index contributed by atoms with van der Waals surface area (Å²) in [4.78, 5) is 11.2. The smallest absolute Gasteiger partial charge is 0.220 e. The van der Waals surface area contributed by atoms with Crippen LogP contribution in [-0.4, -0.2) is 30.9 Å². The van der Waals surface area contributed by atoms with Gasteiger partial charge >= 0.3 is 0 Å². The zero-order valence-electron chi connectivity index (χ0n) is 10.9. The number of hydrogen-bond acceptors (Lipinski definition) is 3. The molecule has 0 aromatic heterocycles. The second-order valence-corrected chi connectivity index (χ2v) is 5.81. The van der Waals surface area contributed by atoms with Gasteiger partial charge in [-0.25, -0.2) is 0 Å². The summed E-state index contributed by atoms with van der Waals surface area (Å²) in [6.45, 7) is 3.53. The topological polar surface area (TPSA) is 47.6 Å². The van der Waals surface area contributed by atoms with Crippen molar-refractivity contribution < 1.29 is 14.3 Å². The fourth-order valence-corrected chi connectivity index (χ4v) is 3.52. The maximum absolute atomic E-state index is 11.2. The Morgan fingerprint density at radius 2 is 2.22 bits per heavy atom. The van der Waals surface area contributed by atoms with Gasteiger partial charge in [-0.3, -0.25) is 4.79 Å². The van der Waals surface area contributed by atoms with Gasteiger partial charge in [-0.2, -0.15) is 0 Å². The predicted molar refractivity (Wildman–Crippen MR) is 66.9 cm³/mol. The number of rotatable bonds is 2. The van der Waals surface area contributed by atoms with Crippen LogP contribution in [0.2, 0.25) is 0 Å². The number of amides is 1. The van der Waals surface area contributed by atoms with Crippen LogP contribution in [0.3, 0.4) is 0 Å². The van der Waals surface area contributed by atoms with Crippen molar-refractivity contribution in [2.75, 3.05) is 13.2 Å². The van der Waals surface area contributed by atoms with Gasteiger partial charge in [0.15, 0.2) is 5.79 Å². The van der Waals surface area contributed by atoms with E-state index in [1.54, 1.807) is 0 Å². The molecule has 3 aliphatic rings. The highest BCUT2D eigenvalue weighted by atomic mass is 16.7. The number of hydrogen-bond donors (Lipinski definition) is 1. The minimum atomic E-state index is -0.463. The molecule has 0 aromatic rings. The van der Waals surface area contributed by atoms with Crippen molar-refractivity contribution in [3.8, 4) is 0 Å². The first-order valence-corrected chi connectivity index (χ1v) is 6.91. The molecule has 2 unspecified atom stereocenters. The second kappa shape index (κ2) is 4.67. The number of allylic oxidation sites excluding steroid dienone is 1. The van der Waals surface area contributed by atoms with E-state index in [9.17, 15) is 4.79 Å². The van der Waals surface area contributed by atoms with Crippen LogP contribution >= 0.6 is 0 Å². The first kappa shape index (κ1) is 12.2. The van der Waals surface area contributed by atoms with Crippen molar-refractivity contribution in [3.63, 3.8) is 0 Å². The SMILES string of the molecule is CC1=CC2(CC(CC3CCC(=O)N3)C1)OCCO2. The molecular weight excluding hydrogens is 230 g/mol.